The smallest absolute Gasteiger partial charge is 0.313 e. The summed E-state index contributed by atoms with van der Waals surface area (Å²) in [4.78, 5) is 22.9. The highest BCUT2D eigenvalue weighted by atomic mass is 16.5. The van der Waals surface area contributed by atoms with Gasteiger partial charge in [-0.1, -0.05) is 142 Å². The molecular formula is C30H56O4. The van der Waals surface area contributed by atoms with E-state index in [9.17, 15) is 9.59 Å². The van der Waals surface area contributed by atoms with Gasteiger partial charge in [-0.2, -0.15) is 0 Å². The van der Waals surface area contributed by atoms with Gasteiger partial charge in [-0.05, 0) is 19.3 Å². The van der Waals surface area contributed by atoms with Crippen LogP contribution >= 0.6 is 0 Å². The van der Waals surface area contributed by atoms with Crippen LogP contribution in [0.5, 0.6) is 0 Å². The van der Waals surface area contributed by atoms with Crippen molar-refractivity contribution in [3.63, 3.8) is 0 Å². The van der Waals surface area contributed by atoms with Crippen LogP contribution in [0.25, 0.3) is 0 Å². The quantitative estimate of drug-likeness (QED) is 0.0760. The average molecular weight is 481 g/mol. The second-order valence-corrected chi connectivity index (χ2v) is 9.95. The third-order valence-corrected chi connectivity index (χ3v) is 6.49. The van der Waals surface area contributed by atoms with E-state index < -0.39 is 17.9 Å². The molecule has 0 saturated heterocycles. The summed E-state index contributed by atoms with van der Waals surface area (Å²) in [6, 6.07) is 0. The molecular weight excluding hydrogens is 424 g/mol. The van der Waals surface area contributed by atoms with Crippen LogP contribution in [0.3, 0.4) is 0 Å². The van der Waals surface area contributed by atoms with Crippen molar-refractivity contribution in [3.8, 4) is 0 Å². The molecule has 0 rings (SSSR count). The van der Waals surface area contributed by atoms with Gasteiger partial charge in [-0.15, -0.1) is 0 Å². The maximum absolute atomic E-state index is 11.9. The molecule has 0 heterocycles. The van der Waals surface area contributed by atoms with Gasteiger partial charge in [0.15, 0.2) is 0 Å². The van der Waals surface area contributed by atoms with Gasteiger partial charge in [0.05, 0.1) is 18.9 Å². The second kappa shape index (κ2) is 26.3. The highest BCUT2D eigenvalue weighted by molar-refractivity contribution is 5.80. The molecule has 1 atom stereocenters. The summed E-state index contributed by atoms with van der Waals surface area (Å²) in [6.45, 7) is 4.56. The molecule has 4 heteroatoms. The summed E-state index contributed by atoms with van der Waals surface area (Å²) in [5.74, 6) is -2.05. The molecule has 0 amide bonds. The minimum Gasteiger partial charge on any atom is -0.481 e. The topological polar surface area (TPSA) is 63.6 Å². The lowest BCUT2D eigenvalue weighted by molar-refractivity contribution is -0.151. The van der Waals surface area contributed by atoms with Crippen LogP contribution in [0.4, 0.5) is 0 Å². The zero-order chi connectivity index (χ0) is 25.1. The van der Waals surface area contributed by atoms with Crippen LogP contribution in [-0.4, -0.2) is 23.7 Å². The molecule has 0 aromatic heterocycles. The monoisotopic (exact) mass is 480 g/mol. The highest BCUT2D eigenvalue weighted by Crippen LogP contribution is 2.15. The van der Waals surface area contributed by atoms with Crippen LogP contribution in [0.2, 0.25) is 0 Å². The number of hydrogen-bond acceptors (Lipinski definition) is 3. The van der Waals surface area contributed by atoms with Crippen molar-refractivity contribution in [1.29, 1.82) is 0 Å². The molecule has 0 aromatic carbocycles. The molecule has 0 aliphatic heterocycles. The zero-order valence-electron chi connectivity index (χ0n) is 22.7. The Hall–Kier alpha value is -1.32. The first-order valence-corrected chi connectivity index (χ1v) is 14.7. The molecule has 1 unspecified atom stereocenters. The first-order chi connectivity index (χ1) is 16.6. The summed E-state index contributed by atoms with van der Waals surface area (Å²) in [5, 5.41) is 8.99. The lowest BCUT2D eigenvalue weighted by Crippen LogP contribution is -2.19. The number of hydrogen-bond donors (Lipinski definition) is 1. The molecule has 200 valence electrons. The molecule has 0 saturated carbocycles. The fraction of sp³-hybridized carbons (Fsp3) is 0.867. The number of carbonyl (C=O) groups is 2. The van der Waals surface area contributed by atoms with Gasteiger partial charge in [-0.3, -0.25) is 9.59 Å². The summed E-state index contributed by atoms with van der Waals surface area (Å²) in [5.41, 5.74) is 0. The summed E-state index contributed by atoms with van der Waals surface area (Å²) >= 11 is 0. The number of carboxylic acids is 1. The Morgan fingerprint density at radius 1 is 0.647 bits per heavy atom. The third kappa shape index (κ3) is 23.8. The van der Waals surface area contributed by atoms with Crippen LogP contribution in [0, 0.1) is 5.92 Å². The Morgan fingerprint density at radius 2 is 1.06 bits per heavy atom. The third-order valence-electron chi connectivity index (χ3n) is 6.49. The van der Waals surface area contributed by atoms with Gasteiger partial charge >= 0.3 is 11.9 Å². The van der Waals surface area contributed by atoms with Crippen molar-refractivity contribution in [3.05, 3.63) is 12.2 Å². The highest BCUT2D eigenvalue weighted by Gasteiger charge is 2.20. The first kappa shape index (κ1) is 32.7. The number of rotatable bonds is 26. The van der Waals surface area contributed by atoms with Crippen molar-refractivity contribution >= 4 is 11.9 Å². The van der Waals surface area contributed by atoms with Crippen LogP contribution < -0.4 is 0 Å². The minimum absolute atomic E-state index is 0.196. The van der Waals surface area contributed by atoms with E-state index in [0.29, 0.717) is 6.61 Å². The van der Waals surface area contributed by atoms with Crippen LogP contribution in [0.15, 0.2) is 12.2 Å². The Morgan fingerprint density at radius 3 is 1.44 bits per heavy atom. The predicted molar refractivity (Wildman–Crippen MR) is 144 cm³/mol. The number of carboxylic acid groups (broad SMARTS) is 1. The molecule has 0 aromatic rings. The number of esters is 1. The molecule has 0 fully saturated rings. The van der Waals surface area contributed by atoms with E-state index in [0.717, 1.165) is 19.3 Å². The van der Waals surface area contributed by atoms with E-state index >= 15 is 0 Å². The van der Waals surface area contributed by atoms with Crippen LogP contribution in [-0.2, 0) is 14.3 Å². The molecule has 0 spiro atoms. The summed E-state index contributed by atoms with van der Waals surface area (Å²) in [7, 11) is 0. The van der Waals surface area contributed by atoms with Crippen molar-refractivity contribution in [2.75, 3.05) is 6.61 Å². The largest absolute Gasteiger partial charge is 0.481 e. The number of unbranched alkanes of at least 4 members (excludes halogenated alkanes) is 19. The zero-order valence-corrected chi connectivity index (χ0v) is 22.7. The minimum atomic E-state index is -0.966. The fourth-order valence-electron chi connectivity index (χ4n) is 4.33. The van der Waals surface area contributed by atoms with Gasteiger partial charge < -0.3 is 9.84 Å². The van der Waals surface area contributed by atoms with Crippen molar-refractivity contribution < 1.29 is 19.4 Å². The van der Waals surface area contributed by atoms with E-state index in [2.05, 4.69) is 6.92 Å². The van der Waals surface area contributed by atoms with E-state index in [4.69, 9.17) is 9.84 Å². The van der Waals surface area contributed by atoms with E-state index in [1.807, 2.05) is 13.0 Å². The number of carbonyl (C=O) groups excluding carboxylic acids is 1. The molecule has 34 heavy (non-hydrogen) atoms. The van der Waals surface area contributed by atoms with Crippen molar-refractivity contribution in [2.45, 2.75) is 155 Å². The lowest BCUT2D eigenvalue weighted by Gasteiger charge is -2.09. The Balaban J connectivity index is 3.45. The van der Waals surface area contributed by atoms with Crippen molar-refractivity contribution in [2.24, 2.45) is 5.92 Å². The van der Waals surface area contributed by atoms with Gasteiger partial charge in [0.25, 0.3) is 0 Å². The van der Waals surface area contributed by atoms with Gasteiger partial charge in [0, 0.05) is 0 Å². The molecule has 0 aliphatic rings. The summed E-state index contributed by atoms with van der Waals surface area (Å²) in [6.07, 6.45) is 31.2. The lowest BCUT2D eigenvalue weighted by atomic mass is 10.0. The summed E-state index contributed by atoms with van der Waals surface area (Å²) < 4.78 is 5.10. The molecule has 1 N–H and O–H groups in total. The van der Waals surface area contributed by atoms with Gasteiger partial charge in [0.2, 0.25) is 0 Å². The number of ether oxygens (including phenoxy) is 1. The van der Waals surface area contributed by atoms with E-state index in [-0.39, 0.29) is 6.42 Å². The Bertz CT molecular complexity index is 486. The standard InChI is InChI=1S/C30H56O4/c1-3-5-6-7-8-9-10-11-12-13-14-15-16-17-18-19-20-21-22-23-24-25-28(27-29(31)32)30(33)34-26-4-2/h24-25,28H,3-23,26-27H2,1-2H3,(H,31,32)/b25-24+. The SMILES string of the molecule is CCCCCCCCCCCCCCCCCCCCC/C=C/C(CC(=O)O)C(=O)OCCC. The van der Waals surface area contributed by atoms with Gasteiger partial charge in [0.1, 0.15) is 0 Å². The van der Waals surface area contributed by atoms with E-state index in [1.54, 1.807) is 6.08 Å². The molecule has 0 bridgehead atoms. The molecule has 4 nitrogen and oxygen atoms in total. The normalized spacial score (nSPS) is 12.3. The van der Waals surface area contributed by atoms with E-state index in [1.165, 1.54) is 116 Å². The molecule has 0 radical (unpaired) electrons. The van der Waals surface area contributed by atoms with Crippen LogP contribution in [0.1, 0.15) is 155 Å². The first-order valence-electron chi connectivity index (χ1n) is 14.7. The number of aliphatic carboxylic acids is 1. The maximum Gasteiger partial charge on any atom is 0.313 e. The molecule has 0 aliphatic carbocycles. The average Bonchev–Trinajstić information content (AvgIpc) is 2.82. The maximum atomic E-state index is 11.9. The van der Waals surface area contributed by atoms with Crippen molar-refractivity contribution in [1.82, 2.24) is 0 Å². The Labute approximate surface area is 211 Å². The Kier molecular flexibility index (Phi) is 25.3. The fourth-order valence-corrected chi connectivity index (χ4v) is 4.33. The second-order valence-electron chi connectivity index (χ2n) is 9.95. The number of allylic oxidation sites excluding steroid dienone is 1. The predicted octanol–water partition coefficient (Wildman–Crippen LogP) is 9.41. The van der Waals surface area contributed by atoms with Gasteiger partial charge in [-0.25, -0.2) is 0 Å².